The van der Waals surface area contributed by atoms with Gasteiger partial charge in [0.05, 0.1) is 5.25 Å². The fourth-order valence-electron chi connectivity index (χ4n) is 3.23. The summed E-state index contributed by atoms with van der Waals surface area (Å²) < 4.78 is 26.4. The van der Waals surface area contributed by atoms with Crippen molar-refractivity contribution in [2.24, 2.45) is 5.92 Å². The molecule has 1 fully saturated rings. The van der Waals surface area contributed by atoms with Gasteiger partial charge in [-0.1, -0.05) is 11.6 Å². The maximum Gasteiger partial charge on any atom is 0.226 e. The van der Waals surface area contributed by atoms with E-state index in [2.05, 4.69) is 10.8 Å². The van der Waals surface area contributed by atoms with Crippen LogP contribution in [0.2, 0.25) is 0 Å². The summed E-state index contributed by atoms with van der Waals surface area (Å²) in [6.07, 6.45) is 9.29. The van der Waals surface area contributed by atoms with Crippen LogP contribution in [0.4, 0.5) is 0 Å². The average Bonchev–Trinajstić information content (AvgIpc) is 2.54. The van der Waals surface area contributed by atoms with Crippen LogP contribution in [-0.2, 0) is 14.8 Å². The Morgan fingerprint density at radius 2 is 2.13 bits per heavy atom. The minimum atomic E-state index is -3.22. The molecule has 0 spiro atoms. The largest absolute Gasteiger partial charge is 0.342 e. The van der Waals surface area contributed by atoms with Crippen LogP contribution in [0.15, 0.2) is 11.6 Å². The van der Waals surface area contributed by atoms with E-state index >= 15 is 0 Å². The van der Waals surface area contributed by atoms with Gasteiger partial charge in [-0.2, -0.15) is 0 Å². The number of likely N-dealkylation sites (tertiary alicyclic amines) is 1. The van der Waals surface area contributed by atoms with Crippen molar-refractivity contribution in [3.8, 4) is 0 Å². The predicted molar refractivity (Wildman–Crippen MR) is 92.5 cm³/mol. The van der Waals surface area contributed by atoms with Gasteiger partial charge in [0.2, 0.25) is 15.9 Å². The van der Waals surface area contributed by atoms with Crippen LogP contribution >= 0.6 is 0 Å². The van der Waals surface area contributed by atoms with Crippen LogP contribution < -0.4 is 4.72 Å². The number of allylic oxidation sites excluding steroid dienone is 1. The van der Waals surface area contributed by atoms with E-state index in [0.717, 1.165) is 32.2 Å². The SMILES string of the molecule is CC(C)S(=O)(=O)NC[C@@H]1CCCN(C(=O)CC2=CCCCC2)C1. The molecule has 1 amide bonds. The highest BCUT2D eigenvalue weighted by Crippen LogP contribution is 2.23. The third-order valence-corrected chi connectivity index (χ3v) is 6.64. The zero-order valence-electron chi connectivity index (χ0n) is 14.4. The highest BCUT2D eigenvalue weighted by Gasteiger charge is 2.26. The first kappa shape index (κ1) is 18.5. The molecule has 1 atom stereocenters. The fourth-order valence-corrected chi connectivity index (χ4v) is 4.03. The molecule has 0 unspecified atom stereocenters. The molecule has 1 heterocycles. The number of carbonyl (C=O) groups is 1. The second-order valence-electron chi connectivity index (χ2n) is 7.08. The number of hydrogen-bond acceptors (Lipinski definition) is 3. The van der Waals surface area contributed by atoms with Crippen molar-refractivity contribution in [2.75, 3.05) is 19.6 Å². The van der Waals surface area contributed by atoms with Gasteiger partial charge in [-0.05, 0) is 58.3 Å². The Morgan fingerprint density at radius 3 is 2.78 bits per heavy atom. The minimum Gasteiger partial charge on any atom is -0.342 e. The Morgan fingerprint density at radius 1 is 1.35 bits per heavy atom. The summed E-state index contributed by atoms with van der Waals surface area (Å²) in [6, 6.07) is 0. The van der Waals surface area contributed by atoms with E-state index in [0.29, 0.717) is 19.5 Å². The van der Waals surface area contributed by atoms with Crippen molar-refractivity contribution >= 4 is 15.9 Å². The molecule has 0 aromatic carbocycles. The van der Waals surface area contributed by atoms with E-state index < -0.39 is 15.3 Å². The lowest BCUT2D eigenvalue weighted by molar-refractivity contribution is -0.132. The van der Waals surface area contributed by atoms with Crippen molar-refractivity contribution in [1.82, 2.24) is 9.62 Å². The summed E-state index contributed by atoms with van der Waals surface area (Å²) in [5.41, 5.74) is 1.28. The van der Waals surface area contributed by atoms with Gasteiger partial charge in [-0.25, -0.2) is 13.1 Å². The lowest BCUT2D eigenvalue weighted by Gasteiger charge is -2.33. The van der Waals surface area contributed by atoms with Gasteiger partial charge in [0.15, 0.2) is 0 Å². The summed E-state index contributed by atoms with van der Waals surface area (Å²) in [6.45, 7) is 5.27. The minimum absolute atomic E-state index is 0.203. The highest BCUT2D eigenvalue weighted by atomic mass is 32.2. The third kappa shape index (κ3) is 5.60. The Hall–Kier alpha value is -0.880. The molecule has 1 aliphatic heterocycles. The molecule has 0 aromatic heterocycles. The predicted octanol–water partition coefficient (Wildman–Crippen LogP) is 2.44. The Bertz CT molecular complexity index is 540. The summed E-state index contributed by atoms with van der Waals surface area (Å²) in [5.74, 6) is 0.427. The molecular weight excluding hydrogens is 312 g/mol. The summed E-state index contributed by atoms with van der Waals surface area (Å²) in [7, 11) is -3.22. The first-order valence-electron chi connectivity index (χ1n) is 8.82. The number of carbonyl (C=O) groups excluding carboxylic acids is 1. The van der Waals surface area contributed by atoms with Gasteiger partial charge in [-0.15, -0.1) is 0 Å². The lowest BCUT2D eigenvalue weighted by Crippen LogP contribution is -2.44. The smallest absolute Gasteiger partial charge is 0.226 e. The molecule has 0 saturated carbocycles. The van der Waals surface area contributed by atoms with Gasteiger partial charge in [0.25, 0.3) is 0 Å². The molecule has 2 aliphatic rings. The molecule has 2 rings (SSSR count). The third-order valence-electron chi connectivity index (χ3n) is 4.83. The standard InChI is InChI=1S/C17H30N2O3S/c1-14(2)23(21,22)18-12-16-9-6-10-19(13-16)17(20)11-15-7-4-3-5-8-15/h7,14,16,18H,3-6,8-13H2,1-2H3/t16-/m0/s1. The van der Waals surface area contributed by atoms with Gasteiger partial charge < -0.3 is 4.90 Å². The lowest BCUT2D eigenvalue weighted by atomic mass is 9.95. The summed E-state index contributed by atoms with van der Waals surface area (Å²) >= 11 is 0. The molecule has 23 heavy (non-hydrogen) atoms. The van der Waals surface area contributed by atoms with Crippen LogP contribution in [0.5, 0.6) is 0 Å². The van der Waals surface area contributed by atoms with Crippen LogP contribution in [0.25, 0.3) is 0 Å². The van der Waals surface area contributed by atoms with Crippen LogP contribution in [0.1, 0.15) is 58.8 Å². The monoisotopic (exact) mass is 342 g/mol. The van der Waals surface area contributed by atoms with Crippen LogP contribution in [0.3, 0.4) is 0 Å². The molecule has 1 aliphatic carbocycles. The van der Waals surface area contributed by atoms with Crippen molar-refractivity contribution in [3.05, 3.63) is 11.6 Å². The number of nitrogens with one attached hydrogen (secondary N) is 1. The van der Waals surface area contributed by atoms with Gasteiger partial charge in [0, 0.05) is 26.1 Å². The molecule has 0 bridgehead atoms. The molecule has 5 nitrogen and oxygen atoms in total. The average molecular weight is 343 g/mol. The van der Waals surface area contributed by atoms with E-state index in [1.807, 2.05) is 4.90 Å². The van der Waals surface area contributed by atoms with Gasteiger partial charge >= 0.3 is 0 Å². The van der Waals surface area contributed by atoms with E-state index in [4.69, 9.17) is 0 Å². The Kier molecular flexibility index (Phi) is 6.65. The molecule has 1 saturated heterocycles. The van der Waals surface area contributed by atoms with Crippen LogP contribution in [-0.4, -0.2) is 44.1 Å². The van der Waals surface area contributed by atoms with E-state index in [1.165, 1.54) is 18.4 Å². The van der Waals surface area contributed by atoms with E-state index in [1.54, 1.807) is 13.8 Å². The number of sulfonamides is 1. The van der Waals surface area contributed by atoms with E-state index in [9.17, 15) is 13.2 Å². The molecular formula is C17H30N2O3S. The second kappa shape index (κ2) is 8.29. The summed E-state index contributed by atoms with van der Waals surface area (Å²) in [5, 5.41) is -0.415. The molecule has 0 aromatic rings. The quantitative estimate of drug-likeness (QED) is 0.754. The number of rotatable bonds is 6. The number of piperidine rings is 1. The van der Waals surface area contributed by atoms with E-state index in [-0.39, 0.29) is 11.8 Å². The van der Waals surface area contributed by atoms with Gasteiger partial charge in [-0.3, -0.25) is 4.79 Å². The molecule has 1 N–H and O–H groups in total. The molecule has 132 valence electrons. The summed E-state index contributed by atoms with van der Waals surface area (Å²) in [4.78, 5) is 14.4. The molecule has 0 radical (unpaired) electrons. The van der Waals surface area contributed by atoms with Gasteiger partial charge in [0.1, 0.15) is 0 Å². The zero-order valence-corrected chi connectivity index (χ0v) is 15.2. The van der Waals surface area contributed by atoms with Crippen molar-refractivity contribution < 1.29 is 13.2 Å². The van der Waals surface area contributed by atoms with Crippen LogP contribution in [0, 0.1) is 5.92 Å². The fraction of sp³-hybridized carbons (Fsp3) is 0.824. The first-order chi connectivity index (χ1) is 10.9. The highest BCUT2D eigenvalue weighted by molar-refractivity contribution is 7.90. The van der Waals surface area contributed by atoms with Crippen molar-refractivity contribution in [2.45, 2.75) is 64.0 Å². The topological polar surface area (TPSA) is 66.5 Å². The molecule has 6 heteroatoms. The number of amides is 1. The Labute approximate surface area is 140 Å². The Balaban J connectivity index is 1.83. The number of nitrogens with zero attached hydrogens (tertiary/aromatic N) is 1. The van der Waals surface area contributed by atoms with Crippen molar-refractivity contribution in [3.63, 3.8) is 0 Å². The first-order valence-corrected chi connectivity index (χ1v) is 10.4. The maximum atomic E-state index is 12.5. The zero-order chi connectivity index (χ0) is 16.9. The van der Waals surface area contributed by atoms with Crippen molar-refractivity contribution in [1.29, 1.82) is 0 Å². The second-order valence-corrected chi connectivity index (χ2v) is 9.40. The number of hydrogen-bond donors (Lipinski definition) is 1. The maximum absolute atomic E-state index is 12.5. The normalized spacial score (nSPS) is 23.0.